The van der Waals surface area contributed by atoms with Crippen molar-refractivity contribution in [2.45, 2.75) is 39.2 Å². The van der Waals surface area contributed by atoms with E-state index in [1.54, 1.807) is 0 Å². The number of hydrogen-bond donors (Lipinski definition) is 3. The fourth-order valence-corrected chi connectivity index (χ4v) is 3.24. The van der Waals surface area contributed by atoms with Crippen LogP contribution in [-0.4, -0.2) is 18.5 Å². The molecule has 4 N–H and O–H groups in total. The number of rotatable bonds is 6. The quantitative estimate of drug-likeness (QED) is 0.751. The Hall–Kier alpha value is -1.74. The van der Waals surface area contributed by atoms with Gasteiger partial charge < -0.3 is 16.4 Å². The monoisotopic (exact) mass is 292 g/mol. The first-order valence-corrected chi connectivity index (χ1v) is 7.81. The smallest absolute Gasteiger partial charge is 0.263 e. The molecule has 0 saturated heterocycles. The summed E-state index contributed by atoms with van der Waals surface area (Å²) in [6.07, 6.45) is 3.12. The van der Waals surface area contributed by atoms with E-state index < -0.39 is 0 Å². The molecule has 0 bridgehead atoms. The van der Waals surface area contributed by atoms with E-state index in [-0.39, 0.29) is 5.91 Å². The van der Waals surface area contributed by atoms with Crippen molar-refractivity contribution >= 4 is 27.9 Å². The number of nitrogens with one attached hydrogen (secondary N) is 2. The summed E-state index contributed by atoms with van der Waals surface area (Å²) in [5.41, 5.74) is 6.63. The van der Waals surface area contributed by atoms with Crippen molar-refractivity contribution < 1.29 is 4.79 Å². The molecule has 5 nitrogen and oxygen atoms in total. The predicted octanol–water partition coefficient (Wildman–Crippen LogP) is 2.55. The molecule has 1 aliphatic rings. The third-order valence-corrected chi connectivity index (χ3v) is 4.70. The number of nitrogens with zero attached hydrogens (tertiary/aromatic N) is 1. The topological polar surface area (TPSA) is 90.9 Å². The summed E-state index contributed by atoms with van der Waals surface area (Å²) in [6, 6.07) is 2.52. The Bertz CT molecular complexity index is 546. The van der Waals surface area contributed by atoms with Gasteiger partial charge in [-0.3, -0.25) is 4.79 Å². The molecule has 1 amide bonds. The minimum absolute atomic E-state index is 0.193. The van der Waals surface area contributed by atoms with E-state index in [2.05, 4.69) is 23.6 Å². The molecule has 1 aromatic rings. The Balaban J connectivity index is 2.16. The molecule has 1 aromatic heterocycles. The first kappa shape index (κ1) is 14.7. The summed E-state index contributed by atoms with van der Waals surface area (Å²) >= 11 is 1.28. The molecule has 2 unspecified atom stereocenters. The second-order valence-electron chi connectivity index (χ2n) is 5.07. The van der Waals surface area contributed by atoms with Gasteiger partial charge in [-0.15, -0.1) is 11.3 Å². The number of nitrogens with two attached hydrogens (primary N) is 1. The third-order valence-electron chi connectivity index (χ3n) is 3.56. The highest BCUT2D eigenvalue weighted by Crippen LogP contribution is 2.41. The van der Waals surface area contributed by atoms with Crippen LogP contribution in [-0.2, 0) is 0 Å². The van der Waals surface area contributed by atoms with Crippen molar-refractivity contribution in [1.82, 2.24) is 5.32 Å². The number of amides is 1. The molecule has 0 aliphatic heterocycles. The van der Waals surface area contributed by atoms with Crippen LogP contribution < -0.4 is 16.4 Å². The summed E-state index contributed by atoms with van der Waals surface area (Å²) in [4.78, 5) is 12.4. The Morgan fingerprint density at radius 1 is 1.55 bits per heavy atom. The number of nitriles is 1. The van der Waals surface area contributed by atoms with E-state index in [1.165, 1.54) is 11.3 Å². The standard InChI is InChI=1S/C14H20N4OS/c1-3-5-17-13(19)12-11(16)9(7-15)14(20-12)18-10-6-8(10)4-2/h8,10,18H,3-6,16H2,1-2H3,(H,17,19). The minimum atomic E-state index is -0.193. The summed E-state index contributed by atoms with van der Waals surface area (Å²) in [5, 5.41) is 16.1. The maximum atomic E-state index is 12.0. The summed E-state index contributed by atoms with van der Waals surface area (Å²) in [5.74, 6) is 0.476. The van der Waals surface area contributed by atoms with E-state index in [9.17, 15) is 10.1 Å². The number of anilines is 2. The summed E-state index contributed by atoms with van der Waals surface area (Å²) in [6.45, 7) is 4.76. The van der Waals surface area contributed by atoms with E-state index in [1.807, 2.05) is 6.92 Å². The number of thiophene rings is 1. The Morgan fingerprint density at radius 3 is 2.85 bits per heavy atom. The third kappa shape index (κ3) is 2.88. The highest BCUT2D eigenvalue weighted by atomic mass is 32.1. The fraction of sp³-hybridized carbons (Fsp3) is 0.571. The van der Waals surface area contributed by atoms with Gasteiger partial charge in [-0.2, -0.15) is 5.26 Å². The molecular weight excluding hydrogens is 272 g/mol. The van der Waals surface area contributed by atoms with Crippen molar-refractivity contribution in [2.24, 2.45) is 5.92 Å². The maximum Gasteiger partial charge on any atom is 0.263 e. The molecule has 1 saturated carbocycles. The van der Waals surface area contributed by atoms with Crippen LogP contribution in [0.25, 0.3) is 0 Å². The number of hydrogen-bond acceptors (Lipinski definition) is 5. The normalized spacial score (nSPS) is 20.2. The molecule has 2 atom stereocenters. The molecule has 0 spiro atoms. The lowest BCUT2D eigenvalue weighted by Crippen LogP contribution is -2.23. The SMILES string of the molecule is CCCNC(=O)c1sc(NC2CC2CC)c(C#N)c1N. The maximum absolute atomic E-state index is 12.0. The molecule has 0 aromatic carbocycles. The molecule has 1 aliphatic carbocycles. The van der Waals surface area contributed by atoms with E-state index in [4.69, 9.17) is 5.73 Å². The zero-order chi connectivity index (χ0) is 14.7. The van der Waals surface area contributed by atoms with Crippen molar-refractivity contribution in [3.8, 4) is 6.07 Å². The lowest BCUT2D eigenvalue weighted by Gasteiger charge is -2.02. The molecular formula is C14H20N4OS. The highest BCUT2D eigenvalue weighted by Gasteiger charge is 2.36. The zero-order valence-corrected chi connectivity index (χ0v) is 12.6. The average molecular weight is 292 g/mol. The number of carbonyl (C=O) groups is 1. The fourth-order valence-electron chi connectivity index (χ4n) is 2.19. The first-order chi connectivity index (χ1) is 9.62. The van der Waals surface area contributed by atoms with Gasteiger partial charge in [0.25, 0.3) is 5.91 Å². The van der Waals surface area contributed by atoms with Gasteiger partial charge in [0.2, 0.25) is 0 Å². The Kier molecular flexibility index (Phi) is 4.50. The predicted molar refractivity (Wildman–Crippen MR) is 81.9 cm³/mol. The van der Waals surface area contributed by atoms with E-state index in [0.29, 0.717) is 34.6 Å². The Labute approximate surface area is 123 Å². The molecule has 1 fully saturated rings. The molecule has 0 radical (unpaired) electrons. The largest absolute Gasteiger partial charge is 0.396 e. The zero-order valence-electron chi connectivity index (χ0n) is 11.8. The van der Waals surface area contributed by atoms with Gasteiger partial charge >= 0.3 is 0 Å². The molecule has 2 rings (SSSR count). The van der Waals surface area contributed by atoms with Gasteiger partial charge in [0.15, 0.2) is 0 Å². The van der Waals surface area contributed by atoms with Crippen LogP contribution in [0.1, 0.15) is 48.3 Å². The van der Waals surface area contributed by atoms with Crippen LogP contribution in [0.4, 0.5) is 10.7 Å². The van der Waals surface area contributed by atoms with Crippen molar-refractivity contribution in [1.29, 1.82) is 5.26 Å². The van der Waals surface area contributed by atoms with Crippen LogP contribution >= 0.6 is 11.3 Å². The number of carbonyl (C=O) groups excluding carboxylic acids is 1. The number of nitrogen functional groups attached to an aromatic ring is 1. The van der Waals surface area contributed by atoms with Crippen LogP contribution in [0.2, 0.25) is 0 Å². The van der Waals surface area contributed by atoms with Crippen molar-refractivity contribution in [3.63, 3.8) is 0 Å². The van der Waals surface area contributed by atoms with Crippen LogP contribution in [0, 0.1) is 17.2 Å². The van der Waals surface area contributed by atoms with Crippen molar-refractivity contribution in [2.75, 3.05) is 17.6 Å². The van der Waals surface area contributed by atoms with Gasteiger partial charge in [0.05, 0.1) is 5.69 Å². The molecule has 1 heterocycles. The van der Waals surface area contributed by atoms with E-state index in [0.717, 1.165) is 24.3 Å². The van der Waals surface area contributed by atoms with Gasteiger partial charge in [0, 0.05) is 12.6 Å². The summed E-state index contributed by atoms with van der Waals surface area (Å²) in [7, 11) is 0. The van der Waals surface area contributed by atoms with Crippen LogP contribution in [0.3, 0.4) is 0 Å². The molecule has 20 heavy (non-hydrogen) atoms. The average Bonchev–Trinajstić information content (AvgIpc) is 3.12. The minimum Gasteiger partial charge on any atom is -0.396 e. The van der Waals surface area contributed by atoms with E-state index >= 15 is 0 Å². The summed E-state index contributed by atoms with van der Waals surface area (Å²) < 4.78 is 0. The second-order valence-corrected chi connectivity index (χ2v) is 6.09. The lowest BCUT2D eigenvalue weighted by molar-refractivity contribution is 0.0958. The van der Waals surface area contributed by atoms with Crippen LogP contribution in [0.5, 0.6) is 0 Å². The lowest BCUT2D eigenvalue weighted by atomic mass is 10.2. The van der Waals surface area contributed by atoms with Gasteiger partial charge in [-0.25, -0.2) is 0 Å². The highest BCUT2D eigenvalue weighted by molar-refractivity contribution is 7.19. The van der Waals surface area contributed by atoms with Gasteiger partial charge in [0.1, 0.15) is 21.5 Å². The molecule has 108 valence electrons. The Morgan fingerprint density at radius 2 is 2.30 bits per heavy atom. The van der Waals surface area contributed by atoms with Crippen molar-refractivity contribution in [3.05, 3.63) is 10.4 Å². The first-order valence-electron chi connectivity index (χ1n) is 6.99. The van der Waals surface area contributed by atoms with Gasteiger partial charge in [-0.05, 0) is 18.8 Å². The molecule has 6 heteroatoms. The second kappa shape index (κ2) is 6.14. The van der Waals surface area contributed by atoms with Crippen LogP contribution in [0.15, 0.2) is 0 Å². The van der Waals surface area contributed by atoms with Gasteiger partial charge in [-0.1, -0.05) is 20.3 Å².